The number of amides is 1. The number of benzene rings is 3. The van der Waals surface area contributed by atoms with Crippen LogP contribution in [0.4, 0.5) is 17.6 Å². The number of alkyl halides is 3. The molecule has 0 bridgehead atoms. The van der Waals surface area contributed by atoms with Gasteiger partial charge in [-0.3, -0.25) is 4.79 Å². The van der Waals surface area contributed by atoms with Gasteiger partial charge < -0.3 is 18.8 Å². The van der Waals surface area contributed by atoms with Gasteiger partial charge in [-0.15, -0.1) is 0 Å². The summed E-state index contributed by atoms with van der Waals surface area (Å²) in [4.78, 5) is 19.8. The minimum absolute atomic E-state index is 0.0912. The van der Waals surface area contributed by atoms with Crippen LogP contribution >= 0.6 is 11.6 Å². The number of ether oxygens (including phenoxy) is 2. The van der Waals surface area contributed by atoms with Crippen molar-refractivity contribution in [2.24, 2.45) is 0 Å². The standard InChI is InChI=1S/C30H25ClF4N2O4/c1-16-23(36-29(41-16)17-7-9-19(10-8-17)30(33,34)35)15-26(38)37-12-11-18-13-24(39-2)25(40-3)14-20(18)28(37)27-21(31)5-4-6-22(27)32/h4-10,13-14,28H,11-12,15H2,1-3H3/t28-/m0/s1. The molecule has 0 saturated heterocycles. The molecule has 4 aromatic rings. The molecule has 0 radical (unpaired) electrons. The molecule has 11 heteroatoms. The number of aromatic nitrogens is 1. The van der Waals surface area contributed by atoms with Gasteiger partial charge in [0.2, 0.25) is 11.8 Å². The summed E-state index contributed by atoms with van der Waals surface area (Å²) in [6, 6.07) is 11.4. The van der Waals surface area contributed by atoms with Crippen LogP contribution in [0.15, 0.2) is 59.0 Å². The number of nitrogens with zero attached hydrogens (tertiary/aromatic N) is 2. The van der Waals surface area contributed by atoms with Crippen LogP contribution in [-0.2, 0) is 23.8 Å². The molecule has 0 unspecified atom stereocenters. The molecule has 0 aliphatic carbocycles. The third kappa shape index (κ3) is 5.48. The Balaban J connectivity index is 1.50. The van der Waals surface area contributed by atoms with E-state index in [2.05, 4.69) is 4.98 Å². The molecule has 0 N–H and O–H groups in total. The van der Waals surface area contributed by atoms with E-state index in [1.54, 1.807) is 24.0 Å². The van der Waals surface area contributed by atoms with E-state index in [-0.39, 0.29) is 35.3 Å². The van der Waals surface area contributed by atoms with Crippen molar-refractivity contribution < 1.29 is 36.2 Å². The SMILES string of the molecule is COc1cc2c(cc1OC)[C@@H](c1c(F)cccc1Cl)N(C(=O)Cc1nc(-c3ccc(C(F)(F)F)cc3)oc1C)CC2. The zero-order chi connectivity index (χ0) is 29.5. The van der Waals surface area contributed by atoms with Gasteiger partial charge in [0, 0.05) is 22.7 Å². The Morgan fingerprint density at radius 3 is 2.41 bits per heavy atom. The van der Waals surface area contributed by atoms with Crippen molar-refractivity contribution in [2.45, 2.75) is 32.0 Å². The first-order valence-corrected chi connectivity index (χ1v) is 13.0. The lowest BCUT2D eigenvalue weighted by atomic mass is 9.87. The van der Waals surface area contributed by atoms with Gasteiger partial charge in [0.05, 0.1) is 37.9 Å². The van der Waals surface area contributed by atoms with E-state index in [0.29, 0.717) is 40.5 Å². The number of hydrogen-bond donors (Lipinski definition) is 0. The minimum atomic E-state index is -4.47. The van der Waals surface area contributed by atoms with Crippen LogP contribution < -0.4 is 9.47 Å². The largest absolute Gasteiger partial charge is 0.493 e. The number of methoxy groups -OCH3 is 2. The van der Waals surface area contributed by atoms with Gasteiger partial charge in [-0.1, -0.05) is 17.7 Å². The quantitative estimate of drug-likeness (QED) is 0.223. The molecule has 41 heavy (non-hydrogen) atoms. The maximum atomic E-state index is 15.3. The summed E-state index contributed by atoms with van der Waals surface area (Å²) in [5.41, 5.74) is 1.52. The summed E-state index contributed by atoms with van der Waals surface area (Å²) in [5.74, 6) is 0.450. The third-order valence-electron chi connectivity index (χ3n) is 7.14. The normalized spacial score (nSPS) is 15.0. The van der Waals surface area contributed by atoms with Crippen LogP contribution in [0, 0.1) is 12.7 Å². The van der Waals surface area contributed by atoms with Crippen LogP contribution in [0.3, 0.4) is 0 Å². The number of oxazole rings is 1. The fraction of sp³-hybridized carbons (Fsp3) is 0.267. The monoisotopic (exact) mass is 588 g/mol. The molecule has 5 rings (SSSR count). The lowest BCUT2D eigenvalue weighted by Crippen LogP contribution is -2.42. The summed E-state index contributed by atoms with van der Waals surface area (Å²) < 4.78 is 70.8. The van der Waals surface area contributed by atoms with Crippen LogP contribution in [0.5, 0.6) is 11.5 Å². The van der Waals surface area contributed by atoms with Gasteiger partial charge in [0.25, 0.3) is 0 Å². The summed E-state index contributed by atoms with van der Waals surface area (Å²) in [7, 11) is 3.01. The molecule has 1 aromatic heterocycles. The molecular weight excluding hydrogens is 564 g/mol. The van der Waals surface area contributed by atoms with Crippen LogP contribution in [0.25, 0.3) is 11.5 Å². The third-order valence-corrected chi connectivity index (χ3v) is 7.47. The Hall–Kier alpha value is -4.05. The lowest BCUT2D eigenvalue weighted by molar-refractivity contribution is -0.137. The maximum absolute atomic E-state index is 15.3. The number of rotatable bonds is 6. The highest BCUT2D eigenvalue weighted by Crippen LogP contribution is 2.44. The van der Waals surface area contributed by atoms with E-state index < -0.39 is 23.6 Å². The molecule has 1 amide bonds. The first-order chi connectivity index (χ1) is 19.5. The highest BCUT2D eigenvalue weighted by molar-refractivity contribution is 6.31. The molecular formula is C30H25ClF4N2O4. The van der Waals surface area contributed by atoms with Crippen molar-refractivity contribution in [2.75, 3.05) is 20.8 Å². The average molecular weight is 589 g/mol. The summed E-state index contributed by atoms with van der Waals surface area (Å²) in [5, 5.41) is 0.164. The fourth-order valence-corrected chi connectivity index (χ4v) is 5.33. The predicted octanol–water partition coefficient (Wildman–Crippen LogP) is 7.20. The van der Waals surface area contributed by atoms with Crippen molar-refractivity contribution in [3.8, 4) is 23.0 Å². The number of halogens is 5. The van der Waals surface area contributed by atoms with Gasteiger partial charge in [-0.05, 0) is 73.0 Å². The van der Waals surface area contributed by atoms with Crippen molar-refractivity contribution in [1.82, 2.24) is 9.88 Å². The molecule has 0 fully saturated rings. The highest BCUT2D eigenvalue weighted by atomic mass is 35.5. The molecule has 214 valence electrons. The molecule has 2 heterocycles. The first kappa shape index (κ1) is 28.5. The Kier molecular flexibility index (Phi) is 7.70. The molecule has 1 atom stereocenters. The van der Waals surface area contributed by atoms with Gasteiger partial charge in [-0.2, -0.15) is 13.2 Å². The van der Waals surface area contributed by atoms with E-state index in [1.807, 2.05) is 6.07 Å². The van der Waals surface area contributed by atoms with Crippen LogP contribution in [-0.4, -0.2) is 36.6 Å². The summed E-state index contributed by atoms with van der Waals surface area (Å²) in [6.45, 7) is 1.89. The van der Waals surface area contributed by atoms with E-state index >= 15 is 4.39 Å². The van der Waals surface area contributed by atoms with E-state index in [0.717, 1.165) is 17.7 Å². The number of carbonyl (C=O) groups is 1. The van der Waals surface area contributed by atoms with Crippen molar-refractivity contribution in [3.05, 3.63) is 99.1 Å². The number of aryl methyl sites for hydroxylation is 1. The Labute approximate surface area is 238 Å². The molecule has 1 aliphatic heterocycles. The van der Waals surface area contributed by atoms with Crippen molar-refractivity contribution >= 4 is 17.5 Å². The summed E-state index contributed by atoms with van der Waals surface area (Å²) >= 11 is 6.50. The molecule has 6 nitrogen and oxygen atoms in total. The Bertz CT molecular complexity index is 1580. The second-order valence-corrected chi connectivity index (χ2v) is 9.96. The number of hydrogen-bond acceptors (Lipinski definition) is 5. The van der Waals surface area contributed by atoms with E-state index in [1.165, 1.54) is 38.5 Å². The smallest absolute Gasteiger partial charge is 0.416 e. The van der Waals surface area contributed by atoms with Crippen LogP contribution in [0.1, 0.15) is 39.7 Å². The minimum Gasteiger partial charge on any atom is -0.493 e. The zero-order valence-electron chi connectivity index (χ0n) is 22.3. The molecule has 0 spiro atoms. The first-order valence-electron chi connectivity index (χ1n) is 12.6. The highest BCUT2D eigenvalue weighted by Gasteiger charge is 2.37. The molecule has 3 aromatic carbocycles. The van der Waals surface area contributed by atoms with Crippen molar-refractivity contribution in [3.63, 3.8) is 0 Å². The fourth-order valence-electron chi connectivity index (χ4n) is 5.06. The van der Waals surface area contributed by atoms with Gasteiger partial charge in [0.1, 0.15) is 11.6 Å². The van der Waals surface area contributed by atoms with Crippen LogP contribution in [0.2, 0.25) is 5.02 Å². The maximum Gasteiger partial charge on any atom is 0.416 e. The van der Waals surface area contributed by atoms with Crippen molar-refractivity contribution in [1.29, 1.82) is 0 Å². The second kappa shape index (κ2) is 11.1. The summed E-state index contributed by atoms with van der Waals surface area (Å²) in [6.07, 6.45) is -4.18. The topological polar surface area (TPSA) is 64.8 Å². The molecule has 1 aliphatic rings. The van der Waals surface area contributed by atoms with E-state index in [4.69, 9.17) is 25.5 Å². The Morgan fingerprint density at radius 2 is 1.78 bits per heavy atom. The molecule has 0 saturated carbocycles. The predicted molar refractivity (Wildman–Crippen MR) is 144 cm³/mol. The number of carbonyl (C=O) groups excluding carboxylic acids is 1. The number of fused-ring (bicyclic) bond motifs is 1. The van der Waals surface area contributed by atoms with Gasteiger partial charge >= 0.3 is 6.18 Å². The van der Waals surface area contributed by atoms with E-state index in [9.17, 15) is 18.0 Å². The lowest BCUT2D eigenvalue weighted by Gasteiger charge is -2.38. The van der Waals surface area contributed by atoms with Gasteiger partial charge in [0.15, 0.2) is 11.5 Å². The van der Waals surface area contributed by atoms with Gasteiger partial charge in [-0.25, -0.2) is 9.37 Å². The second-order valence-electron chi connectivity index (χ2n) is 9.55. The zero-order valence-corrected chi connectivity index (χ0v) is 23.1. The Morgan fingerprint density at radius 1 is 1.10 bits per heavy atom. The average Bonchev–Trinajstić information content (AvgIpc) is 3.31.